The fourth-order valence-electron chi connectivity index (χ4n) is 1.58. The smallest absolute Gasteiger partial charge is 0.254 e. The standard InChI is InChI=1S/C11H19FN2O/c1-10(2)3-4-13-5-7-14(8-6-13)11(15)9-12/h3H,4-9H2,1-2H3. The van der Waals surface area contributed by atoms with Crippen molar-refractivity contribution in [3.8, 4) is 0 Å². The monoisotopic (exact) mass is 214 g/mol. The van der Waals surface area contributed by atoms with Crippen molar-refractivity contribution < 1.29 is 9.18 Å². The van der Waals surface area contributed by atoms with Gasteiger partial charge in [0.25, 0.3) is 5.91 Å². The average molecular weight is 214 g/mol. The molecule has 0 radical (unpaired) electrons. The molecule has 1 aliphatic rings. The highest BCUT2D eigenvalue weighted by molar-refractivity contribution is 5.77. The van der Waals surface area contributed by atoms with Gasteiger partial charge in [0.2, 0.25) is 0 Å². The first-order chi connectivity index (χ1) is 7.13. The molecule has 0 N–H and O–H groups in total. The van der Waals surface area contributed by atoms with Crippen molar-refractivity contribution in [3.63, 3.8) is 0 Å². The van der Waals surface area contributed by atoms with Crippen LogP contribution in [-0.2, 0) is 4.79 Å². The molecule has 1 amide bonds. The van der Waals surface area contributed by atoms with Crippen molar-refractivity contribution in [3.05, 3.63) is 11.6 Å². The van der Waals surface area contributed by atoms with Crippen LogP contribution in [0.4, 0.5) is 4.39 Å². The second-order valence-corrected chi connectivity index (χ2v) is 4.10. The maximum absolute atomic E-state index is 12.1. The van der Waals surface area contributed by atoms with Gasteiger partial charge >= 0.3 is 0 Å². The van der Waals surface area contributed by atoms with Crippen molar-refractivity contribution in [1.82, 2.24) is 9.80 Å². The van der Waals surface area contributed by atoms with Gasteiger partial charge < -0.3 is 4.90 Å². The predicted molar refractivity (Wildman–Crippen MR) is 58.4 cm³/mol. The van der Waals surface area contributed by atoms with Gasteiger partial charge in [-0.3, -0.25) is 9.69 Å². The van der Waals surface area contributed by atoms with Crippen molar-refractivity contribution in [2.24, 2.45) is 0 Å². The van der Waals surface area contributed by atoms with Crippen molar-refractivity contribution in [1.29, 1.82) is 0 Å². The first-order valence-electron chi connectivity index (χ1n) is 5.33. The molecule has 0 atom stereocenters. The summed E-state index contributed by atoms with van der Waals surface area (Å²) in [6.07, 6.45) is 2.17. The van der Waals surface area contributed by atoms with Crippen LogP contribution < -0.4 is 0 Å². The fourth-order valence-corrected chi connectivity index (χ4v) is 1.58. The van der Waals surface area contributed by atoms with Crippen molar-refractivity contribution in [2.75, 3.05) is 39.4 Å². The molecule has 0 spiro atoms. The molecule has 1 heterocycles. The van der Waals surface area contributed by atoms with Gasteiger partial charge in [0.1, 0.15) is 0 Å². The Morgan fingerprint density at radius 1 is 1.27 bits per heavy atom. The molecule has 4 heteroatoms. The van der Waals surface area contributed by atoms with E-state index in [4.69, 9.17) is 0 Å². The third-order valence-corrected chi connectivity index (χ3v) is 2.60. The Labute approximate surface area is 90.5 Å². The molecule has 0 aromatic rings. The number of carbonyl (C=O) groups excluding carboxylic acids is 1. The van der Waals surface area contributed by atoms with Crippen LogP contribution >= 0.6 is 0 Å². The number of nitrogens with zero attached hydrogens (tertiary/aromatic N) is 2. The Hall–Kier alpha value is -0.900. The zero-order valence-corrected chi connectivity index (χ0v) is 9.50. The lowest BCUT2D eigenvalue weighted by atomic mass is 10.2. The molecular formula is C11H19FN2O. The molecule has 86 valence electrons. The number of carbonyl (C=O) groups is 1. The number of hydrogen-bond acceptors (Lipinski definition) is 2. The molecule has 1 saturated heterocycles. The van der Waals surface area contributed by atoms with Crippen molar-refractivity contribution >= 4 is 5.91 Å². The maximum Gasteiger partial charge on any atom is 0.254 e. The molecule has 0 aliphatic carbocycles. The Bertz CT molecular complexity index is 241. The van der Waals surface area contributed by atoms with Crippen LogP contribution in [0.3, 0.4) is 0 Å². The molecule has 0 unspecified atom stereocenters. The molecule has 0 bridgehead atoms. The molecular weight excluding hydrogens is 195 g/mol. The zero-order valence-electron chi connectivity index (χ0n) is 9.50. The lowest BCUT2D eigenvalue weighted by Gasteiger charge is -2.33. The van der Waals surface area contributed by atoms with Gasteiger partial charge in [-0.25, -0.2) is 4.39 Å². The molecule has 0 saturated carbocycles. The number of hydrogen-bond donors (Lipinski definition) is 0. The summed E-state index contributed by atoms with van der Waals surface area (Å²) in [4.78, 5) is 14.9. The minimum Gasteiger partial charge on any atom is -0.338 e. The lowest BCUT2D eigenvalue weighted by molar-refractivity contribution is -0.133. The zero-order chi connectivity index (χ0) is 11.3. The Morgan fingerprint density at radius 3 is 2.33 bits per heavy atom. The van der Waals surface area contributed by atoms with Gasteiger partial charge in [0, 0.05) is 32.7 Å². The SMILES string of the molecule is CC(C)=CCN1CCN(C(=O)CF)CC1. The predicted octanol–water partition coefficient (Wildman–Crippen LogP) is 1.07. The largest absolute Gasteiger partial charge is 0.338 e. The van der Waals surface area contributed by atoms with E-state index >= 15 is 0 Å². The second-order valence-electron chi connectivity index (χ2n) is 4.10. The summed E-state index contributed by atoms with van der Waals surface area (Å²) in [6, 6.07) is 0. The fraction of sp³-hybridized carbons (Fsp3) is 0.727. The first kappa shape index (κ1) is 12.2. The van der Waals surface area contributed by atoms with Gasteiger partial charge in [-0.1, -0.05) is 11.6 Å². The van der Waals surface area contributed by atoms with Gasteiger partial charge in [-0.2, -0.15) is 0 Å². The molecule has 1 fully saturated rings. The van der Waals surface area contributed by atoms with Crippen LogP contribution in [0.5, 0.6) is 0 Å². The van der Waals surface area contributed by atoms with Crippen LogP contribution in [-0.4, -0.2) is 55.1 Å². The Morgan fingerprint density at radius 2 is 1.87 bits per heavy atom. The molecule has 0 aromatic heterocycles. The summed E-state index contributed by atoms with van der Waals surface area (Å²) in [7, 11) is 0. The van der Waals surface area contributed by atoms with Crippen LogP contribution in [0.15, 0.2) is 11.6 Å². The van der Waals surface area contributed by atoms with Gasteiger partial charge in [0.15, 0.2) is 6.67 Å². The van der Waals surface area contributed by atoms with Crippen LogP contribution in [0, 0.1) is 0 Å². The minimum absolute atomic E-state index is 0.378. The first-order valence-corrected chi connectivity index (χ1v) is 5.33. The third kappa shape index (κ3) is 4.00. The third-order valence-electron chi connectivity index (χ3n) is 2.60. The van der Waals surface area contributed by atoms with Crippen LogP contribution in [0.2, 0.25) is 0 Å². The highest BCUT2D eigenvalue weighted by Gasteiger charge is 2.19. The number of allylic oxidation sites excluding steroid dienone is 1. The topological polar surface area (TPSA) is 23.6 Å². The lowest BCUT2D eigenvalue weighted by Crippen LogP contribution is -2.49. The van der Waals surface area contributed by atoms with E-state index < -0.39 is 6.67 Å². The molecule has 3 nitrogen and oxygen atoms in total. The van der Waals surface area contributed by atoms with E-state index in [0.29, 0.717) is 13.1 Å². The molecule has 0 aromatic carbocycles. The summed E-state index contributed by atoms with van der Waals surface area (Å²) in [6.45, 7) is 7.20. The average Bonchev–Trinajstić information content (AvgIpc) is 2.26. The van der Waals surface area contributed by atoms with Gasteiger partial charge in [-0.05, 0) is 13.8 Å². The summed E-state index contributed by atoms with van der Waals surface area (Å²) in [5, 5.41) is 0. The van der Waals surface area contributed by atoms with E-state index in [-0.39, 0.29) is 5.91 Å². The maximum atomic E-state index is 12.1. The van der Waals surface area contributed by atoms with Gasteiger partial charge in [0.05, 0.1) is 0 Å². The number of halogens is 1. The molecule has 1 aliphatic heterocycles. The summed E-state index contributed by atoms with van der Waals surface area (Å²) in [5.74, 6) is -0.378. The summed E-state index contributed by atoms with van der Waals surface area (Å²) < 4.78 is 12.1. The normalized spacial score (nSPS) is 17.7. The van der Waals surface area contributed by atoms with E-state index in [0.717, 1.165) is 19.6 Å². The Balaban J connectivity index is 2.30. The minimum atomic E-state index is -0.867. The highest BCUT2D eigenvalue weighted by atomic mass is 19.1. The van der Waals surface area contributed by atoms with Crippen molar-refractivity contribution in [2.45, 2.75) is 13.8 Å². The molecule has 15 heavy (non-hydrogen) atoms. The number of rotatable bonds is 3. The van der Waals surface area contributed by atoms with Crippen LogP contribution in [0.1, 0.15) is 13.8 Å². The number of alkyl halides is 1. The molecule has 1 rings (SSSR count). The number of piperazine rings is 1. The van der Waals surface area contributed by atoms with Gasteiger partial charge in [-0.15, -0.1) is 0 Å². The van der Waals surface area contributed by atoms with Crippen LogP contribution in [0.25, 0.3) is 0 Å². The van der Waals surface area contributed by atoms with E-state index in [1.807, 2.05) is 0 Å². The summed E-state index contributed by atoms with van der Waals surface area (Å²) >= 11 is 0. The van der Waals surface area contributed by atoms with E-state index in [2.05, 4.69) is 24.8 Å². The number of amides is 1. The summed E-state index contributed by atoms with van der Waals surface area (Å²) in [5.41, 5.74) is 1.30. The van der Waals surface area contributed by atoms with E-state index in [1.165, 1.54) is 5.57 Å². The highest BCUT2D eigenvalue weighted by Crippen LogP contribution is 2.03. The quantitative estimate of drug-likeness (QED) is 0.656. The van der Waals surface area contributed by atoms with E-state index in [9.17, 15) is 9.18 Å². The second kappa shape index (κ2) is 5.85. The van der Waals surface area contributed by atoms with E-state index in [1.54, 1.807) is 4.90 Å². The Kier molecular flexibility index (Phi) is 4.75.